The van der Waals surface area contributed by atoms with E-state index in [2.05, 4.69) is 79.4 Å². The van der Waals surface area contributed by atoms with Gasteiger partial charge >= 0.3 is 0 Å². The van der Waals surface area contributed by atoms with Crippen LogP contribution >= 0.6 is 0 Å². The summed E-state index contributed by atoms with van der Waals surface area (Å²) in [6.45, 7) is 5.81. The molecule has 2 nitrogen and oxygen atoms in total. The minimum Gasteiger partial charge on any atom is -0.496 e. The van der Waals surface area contributed by atoms with Gasteiger partial charge in [-0.2, -0.15) is 0 Å². The van der Waals surface area contributed by atoms with Crippen LogP contribution < -0.4 is 4.74 Å². The molecule has 28 heavy (non-hydrogen) atoms. The molecule has 0 unspecified atom stereocenters. The zero-order chi connectivity index (χ0) is 19.5. The second-order valence-corrected chi connectivity index (χ2v) is 7.98. The first-order valence-electron chi connectivity index (χ1n) is 10.6. The molecule has 4 rings (SSSR count). The third-order valence-corrected chi connectivity index (χ3v) is 6.35. The van der Waals surface area contributed by atoms with Gasteiger partial charge in [-0.3, -0.25) is 4.90 Å². The van der Waals surface area contributed by atoms with Crippen LogP contribution in [0.15, 0.2) is 60.7 Å². The van der Waals surface area contributed by atoms with Gasteiger partial charge in [0.1, 0.15) is 5.75 Å². The van der Waals surface area contributed by atoms with Crippen LogP contribution in [-0.2, 0) is 12.8 Å². The minimum atomic E-state index is 0.406. The third kappa shape index (κ3) is 3.54. The largest absolute Gasteiger partial charge is 0.496 e. The molecule has 0 amide bonds. The van der Waals surface area contributed by atoms with Crippen LogP contribution in [0.4, 0.5) is 0 Å². The van der Waals surface area contributed by atoms with Crippen LogP contribution in [0.2, 0.25) is 0 Å². The lowest BCUT2D eigenvalue weighted by Crippen LogP contribution is -2.41. The van der Waals surface area contributed by atoms with Gasteiger partial charge in [0.05, 0.1) is 7.11 Å². The van der Waals surface area contributed by atoms with Crippen molar-refractivity contribution in [2.45, 2.75) is 51.6 Å². The van der Waals surface area contributed by atoms with Crippen LogP contribution in [0.5, 0.6) is 5.75 Å². The van der Waals surface area contributed by atoms with Crippen molar-refractivity contribution in [1.82, 2.24) is 4.90 Å². The highest BCUT2D eigenvalue weighted by Crippen LogP contribution is 2.36. The van der Waals surface area contributed by atoms with E-state index >= 15 is 0 Å². The Kier molecular flexibility index (Phi) is 5.68. The average Bonchev–Trinajstić information content (AvgIpc) is 2.75. The lowest BCUT2D eigenvalue weighted by Gasteiger charge is -2.40. The molecule has 3 aromatic rings. The predicted molar refractivity (Wildman–Crippen MR) is 118 cm³/mol. The number of hydrogen-bond donors (Lipinski definition) is 0. The van der Waals surface area contributed by atoms with Crippen LogP contribution in [-0.4, -0.2) is 24.6 Å². The molecule has 0 saturated carbocycles. The minimum absolute atomic E-state index is 0.406. The van der Waals surface area contributed by atoms with Gasteiger partial charge in [0.15, 0.2) is 0 Å². The van der Waals surface area contributed by atoms with Crippen molar-refractivity contribution in [2.75, 3.05) is 13.7 Å². The molecule has 3 aromatic carbocycles. The lowest BCUT2D eigenvalue weighted by molar-refractivity contribution is 0.131. The monoisotopic (exact) mass is 373 g/mol. The Hall–Kier alpha value is -2.32. The molecule has 0 aliphatic heterocycles. The highest BCUT2D eigenvalue weighted by atomic mass is 16.5. The molecule has 2 heteroatoms. The lowest BCUT2D eigenvalue weighted by atomic mass is 9.85. The Morgan fingerprint density at radius 2 is 1.82 bits per heavy atom. The van der Waals surface area contributed by atoms with E-state index in [1.807, 2.05) is 0 Å². The van der Waals surface area contributed by atoms with E-state index in [0.717, 1.165) is 25.1 Å². The molecule has 0 saturated heterocycles. The molecule has 0 bridgehead atoms. The van der Waals surface area contributed by atoms with Gasteiger partial charge < -0.3 is 4.74 Å². The fraction of sp³-hybridized carbons (Fsp3) is 0.385. The Morgan fingerprint density at radius 1 is 1.04 bits per heavy atom. The fourth-order valence-electron chi connectivity index (χ4n) is 4.97. The molecule has 0 radical (unpaired) electrons. The highest BCUT2D eigenvalue weighted by molar-refractivity contribution is 5.86. The molecule has 0 heterocycles. The number of rotatable bonds is 6. The molecule has 2 atom stereocenters. The molecule has 146 valence electrons. The predicted octanol–water partition coefficient (Wildman–Crippen LogP) is 6.18. The standard InChI is InChI=1S/C26H31NO/c1-4-17-27(19(2)23-13-7-10-20-9-5-6-12-24(20)23)22-15-16-25-21(18-22)11-8-14-26(25)28-3/h5-14,19,22H,4,15-18H2,1-3H3/t19-,22+/m1/s1. The summed E-state index contributed by atoms with van der Waals surface area (Å²) >= 11 is 0. The zero-order valence-electron chi connectivity index (χ0n) is 17.3. The maximum atomic E-state index is 5.61. The molecular formula is C26H31NO. The van der Waals surface area contributed by atoms with Gasteiger partial charge in [-0.15, -0.1) is 0 Å². The number of nitrogens with zero attached hydrogens (tertiary/aromatic N) is 1. The number of hydrogen-bond acceptors (Lipinski definition) is 2. The summed E-state index contributed by atoms with van der Waals surface area (Å²) in [5.74, 6) is 1.06. The van der Waals surface area contributed by atoms with Crippen LogP contribution in [0, 0.1) is 0 Å². The zero-order valence-corrected chi connectivity index (χ0v) is 17.3. The number of benzene rings is 3. The molecular weight excluding hydrogens is 342 g/mol. The van der Waals surface area contributed by atoms with E-state index in [1.54, 1.807) is 7.11 Å². The van der Waals surface area contributed by atoms with Crippen molar-refractivity contribution < 1.29 is 4.74 Å². The van der Waals surface area contributed by atoms with Crippen molar-refractivity contribution in [3.05, 3.63) is 77.4 Å². The van der Waals surface area contributed by atoms with Crippen molar-refractivity contribution in [2.24, 2.45) is 0 Å². The topological polar surface area (TPSA) is 12.5 Å². The van der Waals surface area contributed by atoms with Crippen LogP contribution in [0.1, 0.15) is 49.4 Å². The van der Waals surface area contributed by atoms with Crippen molar-refractivity contribution in [1.29, 1.82) is 0 Å². The molecule has 0 N–H and O–H groups in total. The third-order valence-electron chi connectivity index (χ3n) is 6.35. The number of fused-ring (bicyclic) bond motifs is 2. The van der Waals surface area contributed by atoms with Crippen molar-refractivity contribution in [3.63, 3.8) is 0 Å². The first-order chi connectivity index (χ1) is 13.7. The first-order valence-corrected chi connectivity index (χ1v) is 10.6. The quantitative estimate of drug-likeness (QED) is 0.511. The van der Waals surface area contributed by atoms with Crippen LogP contribution in [0.3, 0.4) is 0 Å². The summed E-state index contributed by atoms with van der Waals surface area (Å²) in [6.07, 6.45) is 4.59. The Morgan fingerprint density at radius 3 is 2.64 bits per heavy atom. The summed E-state index contributed by atoms with van der Waals surface area (Å²) in [5, 5.41) is 2.72. The van der Waals surface area contributed by atoms with Crippen molar-refractivity contribution >= 4 is 10.8 Å². The first kappa shape index (κ1) is 19.0. The van der Waals surface area contributed by atoms with E-state index in [0.29, 0.717) is 12.1 Å². The normalized spacial score (nSPS) is 17.5. The van der Waals surface area contributed by atoms with Gasteiger partial charge in [0, 0.05) is 12.1 Å². The number of methoxy groups -OCH3 is 1. The van der Waals surface area contributed by atoms with Crippen molar-refractivity contribution in [3.8, 4) is 5.75 Å². The van der Waals surface area contributed by atoms with E-state index in [9.17, 15) is 0 Å². The molecule has 1 aliphatic carbocycles. The van der Waals surface area contributed by atoms with E-state index in [-0.39, 0.29) is 0 Å². The summed E-state index contributed by atoms with van der Waals surface area (Å²) in [4.78, 5) is 2.74. The Balaban J connectivity index is 1.65. The molecule has 0 aromatic heterocycles. The van der Waals surface area contributed by atoms with Gasteiger partial charge in [0.2, 0.25) is 0 Å². The van der Waals surface area contributed by atoms with Gasteiger partial charge in [0.25, 0.3) is 0 Å². The SMILES string of the molecule is CCCN([C@H]1CCc2c(cccc2OC)C1)[C@H](C)c1cccc2ccccc12. The number of ether oxygens (including phenoxy) is 1. The van der Waals surface area contributed by atoms with E-state index in [4.69, 9.17) is 4.74 Å². The average molecular weight is 374 g/mol. The summed E-state index contributed by atoms with van der Waals surface area (Å²) in [6, 6.07) is 23.0. The van der Waals surface area contributed by atoms with Gasteiger partial charge in [-0.05, 0) is 72.7 Å². The smallest absolute Gasteiger partial charge is 0.122 e. The maximum Gasteiger partial charge on any atom is 0.122 e. The van der Waals surface area contributed by atoms with E-state index < -0.39 is 0 Å². The van der Waals surface area contributed by atoms with Gasteiger partial charge in [-0.25, -0.2) is 0 Å². The summed E-state index contributed by atoms with van der Waals surface area (Å²) in [7, 11) is 1.79. The van der Waals surface area contributed by atoms with Gasteiger partial charge in [-0.1, -0.05) is 61.5 Å². The second-order valence-electron chi connectivity index (χ2n) is 7.98. The summed E-state index contributed by atoms with van der Waals surface area (Å²) in [5.41, 5.74) is 4.32. The Bertz CT molecular complexity index is 943. The van der Waals surface area contributed by atoms with E-state index in [1.165, 1.54) is 40.3 Å². The highest BCUT2D eigenvalue weighted by Gasteiger charge is 2.29. The maximum absolute atomic E-state index is 5.61. The fourth-order valence-corrected chi connectivity index (χ4v) is 4.97. The Labute approximate surface area is 169 Å². The molecule has 0 fully saturated rings. The molecule has 0 spiro atoms. The second kappa shape index (κ2) is 8.36. The molecule has 1 aliphatic rings. The van der Waals surface area contributed by atoms with Crippen LogP contribution in [0.25, 0.3) is 10.8 Å². The summed E-state index contributed by atoms with van der Waals surface area (Å²) < 4.78 is 5.61.